The van der Waals surface area contributed by atoms with E-state index in [2.05, 4.69) is 20.6 Å². The lowest BCUT2D eigenvalue weighted by molar-refractivity contribution is -0.141. The predicted molar refractivity (Wildman–Crippen MR) is 67.6 cm³/mol. The van der Waals surface area contributed by atoms with Crippen molar-refractivity contribution in [3.05, 3.63) is 11.8 Å². The number of aromatic nitrogens is 2. The van der Waals surface area contributed by atoms with E-state index in [-0.39, 0.29) is 25.0 Å². The van der Waals surface area contributed by atoms with Crippen molar-refractivity contribution < 1.29 is 23.0 Å². The number of anilines is 2. The highest BCUT2D eigenvalue weighted by atomic mass is 19.4. The monoisotopic (exact) mass is 294 g/mol. The molecule has 1 aromatic rings. The molecule has 0 fully saturated rings. The minimum absolute atomic E-state index is 0.0284. The smallest absolute Gasteiger partial charge is 0.394 e. The van der Waals surface area contributed by atoms with Crippen molar-refractivity contribution in [2.75, 3.05) is 37.5 Å². The Morgan fingerprint density at radius 2 is 2.10 bits per heavy atom. The maximum atomic E-state index is 12.7. The van der Waals surface area contributed by atoms with Gasteiger partial charge >= 0.3 is 6.18 Å². The first-order valence-electron chi connectivity index (χ1n) is 5.97. The van der Waals surface area contributed by atoms with E-state index in [0.29, 0.717) is 6.54 Å². The molecule has 1 aromatic heterocycles. The summed E-state index contributed by atoms with van der Waals surface area (Å²) in [4.78, 5) is 7.30. The molecule has 0 bridgehead atoms. The highest BCUT2D eigenvalue weighted by molar-refractivity contribution is 5.43. The molecular formula is C11H17F3N4O2. The molecule has 0 spiro atoms. The number of rotatable bonds is 7. The number of nitrogens with one attached hydrogen (secondary N) is 2. The van der Waals surface area contributed by atoms with Crippen LogP contribution in [0.2, 0.25) is 0 Å². The third-order valence-corrected chi connectivity index (χ3v) is 2.29. The Morgan fingerprint density at radius 3 is 2.60 bits per heavy atom. The zero-order valence-electron chi connectivity index (χ0n) is 11.2. The largest absolute Gasteiger partial charge is 0.433 e. The van der Waals surface area contributed by atoms with E-state index in [1.807, 2.05) is 0 Å². The van der Waals surface area contributed by atoms with Gasteiger partial charge in [-0.15, -0.1) is 0 Å². The van der Waals surface area contributed by atoms with E-state index in [1.165, 1.54) is 7.11 Å². The zero-order valence-corrected chi connectivity index (χ0v) is 11.2. The first kappa shape index (κ1) is 16.4. The van der Waals surface area contributed by atoms with Crippen LogP contribution < -0.4 is 10.6 Å². The van der Waals surface area contributed by atoms with Gasteiger partial charge in [0, 0.05) is 19.7 Å². The maximum absolute atomic E-state index is 12.7. The van der Waals surface area contributed by atoms with Crippen LogP contribution in [0.15, 0.2) is 6.07 Å². The first-order chi connectivity index (χ1) is 9.40. The molecule has 0 radical (unpaired) electrons. The van der Waals surface area contributed by atoms with Crippen LogP contribution in [0.25, 0.3) is 0 Å². The third-order valence-electron chi connectivity index (χ3n) is 2.29. The number of alkyl halides is 3. The van der Waals surface area contributed by atoms with E-state index in [0.717, 1.165) is 6.07 Å². The van der Waals surface area contributed by atoms with Gasteiger partial charge in [0.1, 0.15) is 5.82 Å². The molecule has 0 aliphatic rings. The quantitative estimate of drug-likeness (QED) is 0.704. The van der Waals surface area contributed by atoms with Gasteiger partial charge in [0.2, 0.25) is 5.95 Å². The number of aliphatic hydroxyl groups excluding tert-OH is 1. The van der Waals surface area contributed by atoms with Gasteiger partial charge in [-0.05, 0) is 6.92 Å². The van der Waals surface area contributed by atoms with Crippen LogP contribution in [0.5, 0.6) is 0 Å². The average molecular weight is 294 g/mol. The highest BCUT2D eigenvalue weighted by Crippen LogP contribution is 2.29. The summed E-state index contributed by atoms with van der Waals surface area (Å²) < 4.78 is 43.0. The molecule has 6 nitrogen and oxygen atoms in total. The van der Waals surface area contributed by atoms with Crippen LogP contribution in [0, 0.1) is 0 Å². The van der Waals surface area contributed by atoms with Crippen molar-refractivity contribution in [1.82, 2.24) is 9.97 Å². The summed E-state index contributed by atoms with van der Waals surface area (Å²) >= 11 is 0. The topological polar surface area (TPSA) is 79.3 Å². The molecule has 0 saturated heterocycles. The average Bonchev–Trinajstić information content (AvgIpc) is 2.37. The van der Waals surface area contributed by atoms with Crippen molar-refractivity contribution in [1.29, 1.82) is 0 Å². The number of hydrogen-bond acceptors (Lipinski definition) is 6. The summed E-state index contributed by atoms with van der Waals surface area (Å²) in [6.07, 6.45) is -4.57. The van der Waals surface area contributed by atoms with Crippen LogP contribution in [-0.2, 0) is 10.9 Å². The number of nitrogens with zero attached hydrogens (tertiary/aromatic N) is 2. The lowest BCUT2D eigenvalue weighted by atomic mass is 10.3. The molecule has 1 heterocycles. The van der Waals surface area contributed by atoms with Crippen LogP contribution in [0.1, 0.15) is 12.6 Å². The number of ether oxygens (including phenoxy) is 1. The molecule has 1 unspecified atom stereocenters. The van der Waals surface area contributed by atoms with Gasteiger partial charge in [-0.1, -0.05) is 0 Å². The lowest BCUT2D eigenvalue weighted by Crippen LogP contribution is -2.29. The Kier molecular flexibility index (Phi) is 5.96. The first-order valence-corrected chi connectivity index (χ1v) is 5.97. The number of hydrogen-bond donors (Lipinski definition) is 3. The van der Waals surface area contributed by atoms with Crippen LogP contribution >= 0.6 is 0 Å². The third kappa shape index (κ3) is 4.82. The molecule has 1 rings (SSSR count). The van der Waals surface area contributed by atoms with Crippen molar-refractivity contribution in [2.24, 2.45) is 0 Å². The Balaban J connectivity index is 3.02. The molecule has 0 aromatic carbocycles. The molecule has 1 atom stereocenters. The van der Waals surface area contributed by atoms with E-state index < -0.39 is 17.9 Å². The van der Waals surface area contributed by atoms with E-state index in [4.69, 9.17) is 9.84 Å². The Hall–Kier alpha value is -1.61. The minimum atomic E-state index is -4.57. The summed E-state index contributed by atoms with van der Waals surface area (Å²) in [7, 11) is 1.43. The van der Waals surface area contributed by atoms with Gasteiger partial charge in [-0.3, -0.25) is 0 Å². The summed E-state index contributed by atoms with van der Waals surface area (Å²) in [5, 5.41) is 14.4. The fourth-order valence-corrected chi connectivity index (χ4v) is 1.45. The second-order valence-electron chi connectivity index (χ2n) is 3.97. The minimum Gasteiger partial charge on any atom is -0.394 e. The molecule has 0 aliphatic carbocycles. The summed E-state index contributed by atoms with van der Waals surface area (Å²) in [5.74, 6) is -0.154. The van der Waals surface area contributed by atoms with Crippen molar-refractivity contribution >= 4 is 11.8 Å². The van der Waals surface area contributed by atoms with Crippen LogP contribution in [-0.4, -0.2) is 48.0 Å². The van der Waals surface area contributed by atoms with Crippen LogP contribution in [0.3, 0.4) is 0 Å². The SMILES string of the molecule is CCNc1nc(NC(CO)COC)cc(C(F)(F)F)n1. The molecule has 114 valence electrons. The Labute approximate surface area is 114 Å². The standard InChI is InChI=1S/C11H17F3N4O2/c1-3-15-10-17-8(11(12,13)14)4-9(18-10)16-7(5-19)6-20-2/h4,7,19H,3,5-6H2,1-2H3,(H2,15,16,17,18). The summed E-state index contributed by atoms with van der Waals surface area (Å²) in [5.41, 5.74) is -1.06. The highest BCUT2D eigenvalue weighted by Gasteiger charge is 2.33. The number of aliphatic hydroxyl groups is 1. The second kappa shape index (κ2) is 7.25. The van der Waals surface area contributed by atoms with Gasteiger partial charge in [0.15, 0.2) is 5.69 Å². The Bertz CT molecular complexity index is 429. The normalized spacial score (nSPS) is 13.1. The van der Waals surface area contributed by atoms with Gasteiger partial charge in [-0.2, -0.15) is 18.2 Å². The maximum Gasteiger partial charge on any atom is 0.433 e. The second-order valence-corrected chi connectivity index (χ2v) is 3.97. The van der Waals surface area contributed by atoms with Gasteiger partial charge in [0.05, 0.1) is 19.3 Å². The lowest BCUT2D eigenvalue weighted by Gasteiger charge is -2.17. The van der Waals surface area contributed by atoms with Crippen molar-refractivity contribution in [3.8, 4) is 0 Å². The zero-order chi connectivity index (χ0) is 15.2. The molecule has 20 heavy (non-hydrogen) atoms. The van der Waals surface area contributed by atoms with E-state index in [9.17, 15) is 13.2 Å². The fraction of sp³-hybridized carbons (Fsp3) is 0.636. The molecule has 0 amide bonds. The van der Waals surface area contributed by atoms with Crippen LogP contribution in [0.4, 0.5) is 24.9 Å². The van der Waals surface area contributed by atoms with Crippen molar-refractivity contribution in [2.45, 2.75) is 19.1 Å². The molecule has 3 N–H and O–H groups in total. The van der Waals surface area contributed by atoms with Gasteiger partial charge < -0.3 is 20.5 Å². The molecule has 0 aliphatic heterocycles. The number of halogens is 3. The molecular weight excluding hydrogens is 277 g/mol. The molecule has 0 saturated carbocycles. The van der Waals surface area contributed by atoms with E-state index >= 15 is 0 Å². The van der Waals surface area contributed by atoms with Gasteiger partial charge in [-0.25, -0.2) is 4.98 Å². The Morgan fingerprint density at radius 1 is 1.40 bits per heavy atom. The molecule has 9 heteroatoms. The van der Waals surface area contributed by atoms with Crippen molar-refractivity contribution in [3.63, 3.8) is 0 Å². The predicted octanol–water partition coefficient (Wildman–Crippen LogP) is 1.35. The number of methoxy groups -OCH3 is 1. The summed E-state index contributed by atoms with van der Waals surface area (Å²) in [6, 6.07) is 0.240. The summed E-state index contributed by atoms with van der Waals surface area (Å²) in [6.45, 7) is 1.95. The fourth-order valence-electron chi connectivity index (χ4n) is 1.45. The van der Waals surface area contributed by atoms with Gasteiger partial charge in [0.25, 0.3) is 0 Å². The van der Waals surface area contributed by atoms with E-state index in [1.54, 1.807) is 6.92 Å².